The fourth-order valence-corrected chi connectivity index (χ4v) is 2.42. The highest BCUT2D eigenvalue weighted by atomic mass is 19.4. The number of rotatable bonds is 4. The van der Waals surface area contributed by atoms with E-state index in [1.54, 1.807) is 4.68 Å². The Morgan fingerprint density at radius 3 is 2.52 bits per heavy atom. The number of piperidine rings is 1. The van der Waals surface area contributed by atoms with Crippen LogP contribution < -0.4 is 0 Å². The molecule has 0 aromatic carbocycles. The predicted molar refractivity (Wildman–Crippen MR) is 75.6 cm³/mol. The summed E-state index contributed by atoms with van der Waals surface area (Å²) in [6, 6.07) is 0. The first-order valence-corrected chi connectivity index (χ1v) is 7.61. The van der Waals surface area contributed by atoms with Crippen LogP contribution in [0.3, 0.4) is 0 Å². The number of carbonyl (C=O) groups excluding carboxylic acids is 1. The lowest BCUT2D eigenvalue weighted by Crippen LogP contribution is -2.54. The topological polar surface area (TPSA) is 71.2 Å². The summed E-state index contributed by atoms with van der Waals surface area (Å²) < 4.78 is 39.8. The smallest absolute Gasteiger partial charge is 0.380 e. The van der Waals surface area contributed by atoms with Crippen molar-refractivity contribution in [3.8, 4) is 0 Å². The van der Waals surface area contributed by atoms with Gasteiger partial charge in [0.05, 0.1) is 6.20 Å². The molecule has 1 aromatic rings. The molecule has 1 fully saturated rings. The van der Waals surface area contributed by atoms with Crippen molar-refractivity contribution in [1.82, 2.24) is 19.9 Å². The van der Waals surface area contributed by atoms with E-state index >= 15 is 0 Å². The zero-order valence-electron chi connectivity index (χ0n) is 13.2. The molecule has 1 aliphatic heterocycles. The van der Waals surface area contributed by atoms with Gasteiger partial charge in [0.25, 0.3) is 5.91 Å². The number of halogens is 3. The Kier molecular flexibility index (Phi) is 4.98. The van der Waals surface area contributed by atoms with Gasteiger partial charge in [-0.1, -0.05) is 19.1 Å². The summed E-state index contributed by atoms with van der Waals surface area (Å²) in [6.45, 7) is 4.45. The van der Waals surface area contributed by atoms with E-state index in [1.165, 1.54) is 11.1 Å². The van der Waals surface area contributed by atoms with Gasteiger partial charge in [-0.25, -0.2) is 0 Å². The second kappa shape index (κ2) is 6.46. The molecule has 1 saturated heterocycles. The molecule has 0 saturated carbocycles. The summed E-state index contributed by atoms with van der Waals surface area (Å²) in [5, 5.41) is 17.3. The molecule has 0 unspecified atom stereocenters. The highest BCUT2D eigenvalue weighted by Gasteiger charge is 2.55. The van der Waals surface area contributed by atoms with Crippen molar-refractivity contribution < 1.29 is 23.1 Å². The lowest BCUT2D eigenvalue weighted by molar-refractivity contribution is -0.271. The van der Waals surface area contributed by atoms with Gasteiger partial charge in [0, 0.05) is 32.5 Å². The van der Waals surface area contributed by atoms with E-state index in [2.05, 4.69) is 24.2 Å². The lowest BCUT2D eigenvalue weighted by Gasteiger charge is -2.38. The number of alkyl halides is 3. The zero-order valence-corrected chi connectivity index (χ0v) is 13.2. The third-order valence-corrected chi connectivity index (χ3v) is 4.10. The van der Waals surface area contributed by atoms with Crippen LogP contribution in [0.25, 0.3) is 0 Å². The van der Waals surface area contributed by atoms with Crippen molar-refractivity contribution in [3.05, 3.63) is 11.9 Å². The molecule has 1 N–H and O–H groups in total. The molecule has 2 heterocycles. The summed E-state index contributed by atoms with van der Waals surface area (Å²) in [6.07, 6.45) is -3.33. The highest BCUT2D eigenvalue weighted by Crippen LogP contribution is 2.38. The Morgan fingerprint density at radius 1 is 1.39 bits per heavy atom. The van der Waals surface area contributed by atoms with Gasteiger partial charge in [-0.15, -0.1) is 5.10 Å². The Hall–Kier alpha value is -1.64. The first kappa shape index (κ1) is 17.7. The summed E-state index contributed by atoms with van der Waals surface area (Å²) in [7, 11) is 0. The molecule has 1 aromatic heterocycles. The van der Waals surface area contributed by atoms with Gasteiger partial charge < -0.3 is 10.0 Å². The van der Waals surface area contributed by atoms with E-state index in [-0.39, 0.29) is 18.8 Å². The minimum absolute atomic E-state index is 0.117. The van der Waals surface area contributed by atoms with Gasteiger partial charge in [0.15, 0.2) is 11.3 Å². The van der Waals surface area contributed by atoms with E-state index in [0.29, 0.717) is 12.5 Å². The fraction of sp³-hybridized carbons (Fsp3) is 0.786. The van der Waals surface area contributed by atoms with Crippen LogP contribution in [0.1, 0.15) is 43.6 Å². The first-order valence-electron chi connectivity index (χ1n) is 7.61. The first-order chi connectivity index (χ1) is 10.6. The molecule has 0 atom stereocenters. The summed E-state index contributed by atoms with van der Waals surface area (Å²) in [5.74, 6) is 0.0329. The van der Waals surface area contributed by atoms with Crippen LogP contribution in [0.2, 0.25) is 0 Å². The van der Waals surface area contributed by atoms with E-state index in [9.17, 15) is 23.1 Å². The van der Waals surface area contributed by atoms with Gasteiger partial charge in [0.2, 0.25) is 0 Å². The van der Waals surface area contributed by atoms with Crippen molar-refractivity contribution in [2.45, 2.75) is 51.4 Å². The molecular weight excluding hydrogens is 313 g/mol. The third kappa shape index (κ3) is 4.01. The maximum absolute atomic E-state index is 12.8. The average molecular weight is 334 g/mol. The summed E-state index contributed by atoms with van der Waals surface area (Å²) in [4.78, 5) is 13.5. The molecule has 0 spiro atoms. The molecular formula is C14H21F3N4O2. The molecule has 9 heteroatoms. The minimum atomic E-state index is -4.68. The molecule has 2 rings (SSSR count). The number of likely N-dealkylation sites (tertiary alicyclic amines) is 1. The molecule has 0 aliphatic carbocycles. The second-order valence-corrected chi connectivity index (χ2v) is 6.37. The van der Waals surface area contributed by atoms with Crippen LogP contribution in [0.4, 0.5) is 13.2 Å². The molecule has 1 aliphatic rings. The highest BCUT2D eigenvalue weighted by molar-refractivity contribution is 5.92. The Labute approximate surface area is 132 Å². The molecule has 1 amide bonds. The summed E-state index contributed by atoms with van der Waals surface area (Å²) in [5.41, 5.74) is -2.59. The largest absolute Gasteiger partial charge is 0.417 e. The van der Waals surface area contributed by atoms with Gasteiger partial charge in [0.1, 0.15) is 0 Å². The van der Waals surface area contributed by atoms with E-state index < -0.39 is 30.5 Å². The van der Waals surface area contributed by atoms with Gasteiger partial charge >= 0.3 is 6.18 Å². The van der Waals surface area contributed by atoms with E-state index in [1.807, 2.05) is 0 Å². The van der Waals surface area contributed by atoms with Crippen molar-refractivity contribution >= 4 is 5.91 Å². The minimum Gasteiger partial charge on any atom is -0.380 e. The second-order valence-electron chi connectivity index (χ2n) is 6.37. The number of aromatic nitrogens is 3. The Bertz CT molecular complexity index is 548. The molecule has 6 nitrogen and oxygen atoms in total. The van der Waals surface area contributed by atoms with Crippen molar-refractivity contribution in [2.75, 3.05) is 13.1 Å². The van der Waals surface area contributed by atoms with Crippen molar-refractivity contribution in [3.63, 3.8) is 0 Å². The van der Waals surface area contributed by atoms with Crippen LogP contribution >= 0.6 is 0 Å². The SMILES string of the molecule is CC(C)CCn1cc(C(=O)N2CCC(O)(C(F)(F)F)CC2)nn1. The van der Waals surface area contributed by atoms with Crippen molar-refractivity contribution in [1.29, 1.82) is 0 Å². The number of amides is 1. The number of hydrogen-bond acceptors (Lipinski definition) is 4. The van der Waals surface area contributed by atoms with Gasteiger partial charge in [-0.2, -0.15) is 13.2 Å². The number of hydrogen-bond donors (Lipinski definition) is 1. The Morgan fingerprint density at radius 2 is 2.00 bits per heavy atom. The van der Waals surface area contributed by atoms with Gasteiger partial charge in [-0.05, 0) is 12.3 Å². The molecule has 0 bridgehead atoms. The fourth-order valence-electron chi connectivity index (χ4n) is 2.42. The lowest BCUT2D eigenvalue weighted by atomic mass is 9.90. The van der Waals surface area contributed by atoms with Crippen molar-refractivity contribution in [2.24, 2.45) is 5.92 Å². The summed E-state index contributed by atoms with van der Waals surface area (Å²) >= 11 is 0. The van der Waals surface area contributed by atoms with Crippen LogP contribution in [0, 0.1) is 5.92 Å². The third-order valence-electron chi connectivity index (χ3n) is 4.10. The van der Waals surface area contributed by atoms with Gasteiger partial charge in [-0.3, -0.25) is 9.48 Å². The number of aryl methyl sites for hydroxylation is 1. The van der Waals surface area contributed by atoms with Crippen LogP contribution in [0.5, 0.6) is 0 Å². The van der Waals surface area contributed by atoms with Crippen LogP contribution in [-0.2, 0) is 6.54 Å². The van der Waals surface area contributed by atoms with Crippen LogP contribution in [-0.4, -0.2) is 55.8 Å². The quantitative estimate of drug-likeness (QED) is 0.912. The normalized spacial score (nSPS) is 18.5. The number of nitrogens with zero attached hydrogens (tertiary/aromatic N) is 4. The maximum atomic E-state index is 12.8. The molecule has 130 valence electrons. The van der Waals surface area contributed by atoms with Crippen LogP contribution in [0.15, 0.2) is 6.20 Å². The monoisotopic (exact) mass is 334 g/mol. The molecule has 0 radical (unpaired) electrons. The number of carbonyl (C=O) groups is 1. The Balaban J connectivity index is 1.95. The standard InChI is InChI=1S/C14H21F3N4O2/c1-10(2)3-6-21-9-11(18-19-21)12(22)20-7-4-13(23,5-8-20)14(15,16)17/h9-10,23H,3-8H2,1-2H3. The maximum Gasteiger partial charge on any atom is 0.417 e. The molecule has 23 heavy (non-hydrogen) atoms. The van der Waals surface area contributed by atoms with E-state index in [4.69, 9.17) is 0 Å². The average Bonchev–Trinajstić information content (AvgIpc) is 2.93. The predicted octanol–water partition coefficient (Wildman–Crippen LogP) is 1.85. The van der Waals surface area contributed by atoms with E-state index in [0.717, 1.165) is 6.42 Å². The number of aliphatic hydroxyl groups is 1. The zero-order chi connectivity index (χ0) is 17.3.